The molecule has 2 heteroatoms. The van der Waals surface area contributed by atoms with E-state index in [1.807, 2.05) is 0 Å². The molecule has 1 aromatic carbocycles. The second-order valence-corrected chi connectivity index (χ2v) is 7.56. The Kier molecular flexibility index (Phi) is 2.83. The molecule has 2 nitrogen and oxygen atoms in total. The third-order valence-corrected chi connectivity index (χ3v) is 6.58. The van der Waals surface area contributed by atoms with Crippen LogP contribution in [-0.2, 0) is 4.74 Å². The highest BCUT2D eigenvalue weighted by atomic mass is 16.6. The molecule has 6 unspecified atom stereocenters. The molecule has 1 saturated heterocycles. The van der Waals surface area contributed by atoms with Crippen molar-refractivity contribution < 1.29 is 9.47 Å². The van der Waals surface area contributed by atoms with E-state index >= 15 is 0 Å². The third kappa shape index (κ3) is 2.03. The van der Waals surface area contributed by atoms with Crippen LogP contribution in [0, 0.1) is 23.7 Å². The first-order valence-electron chi connectivity index (χ1n) is 8.73. The molecule has 1 aliphatic heterocycles. The van der Waals surface area contributed by atoms with Crippen LogP contribution < -0.4 is 4.74 Å². The average Bonchev–Trinajstić information content (AvgIpc) is 2.95. The van der Waals surface area contributed by atoms with Crippen molar-refractivity contribution in [3.05, 3.63) is 29.8 Å². The van der Waals surface area contributed by atoms with Crippen LogP contribution >= 0.6 is 0 Å². The molecule has 6 atom stereocenters. The molecule has 0 spiro atoms. The Bertz CT molecular complexity index is 536. The quantitative estimate of drug-likeness (QED) is 0.779. The molecule has 4 fully saturated rings. The van der Waals surface area contributed by atoms with Crippen LogP contribution in [0.3, 0.4) is 0 Å². The fourth-order valence-electron chi connectivity index (χ4n) is 5.70. The van der Waals surface area contributed by atoms with Crippen molar-refractivity contribution in [2.75, 3.05) is 13.2 Å². The Balaban J connectivity index is 1.42. The van der Waals surface area contributed by atoms with Crippen molar-refractivity contribution in [1.29, 1.82) is 0 Å². The van der Waals surface area contributed by atoms with Crippen LogP contribution in [0.4, 0.5) is 0 Å². The fourth-order valence-corrected chi connectivity index (χ4v) is 5.70. The standard InChI is InChI=1S/C19H24O2/c1-2-4-18(21-11-14-10-20-14)16(3-1)17-8-7-15-12-5-6-13(9-12)19(15)17/h1-4,12-15,17,19H,5-11H2. The van der Waals surface area contributed by atoms with E-state index in [0.717, 1.165) is 48.6 Å². The SMILES string of the molecule is c1ccc(C2CCC3C4CCC(C4)C23)c(OCC2CO2)c1. The Labute approximate surface area is 126 Å². The van der Waals surface area contributed by atoms with Gasteiger partial charge in [-0.3, -0.25) is 0 Å². The number of hydrogen-bond donors (Lipinski definition) is 0. The molecule has 5 rings (SSSR count). The van der Waals surface area contributed by atoms with Gasteiger partial charge < -0.3 is 9.47 Å². The van der Waals surface area contributed by atoms with Crippen LogP contribution in [-0.4, -0.2) is 19.3 Å². The predicted molar refractivity (Wildman–Crippen MR) is 81.5 cm³/mol. The van der Waals surface area contributed by atoms with Gasteiger partial charge in [0.05, 0.1) is 6.61 Å². The van der Waals surface area contributed by atoms with Crippen LogP contribution in [0.25, 0.3) is 0 Å². The molecule has 21 heavy (non-hydrogen) atoms. The summed E-state index contributed by atoms with van der Waals surface area (Å²) in [6, 6.07) is 8.79. The second-order valence-electron chi connectivity index (χ2n) is 7.56. The Hall–Kier alpha value is -1.02. The minimum atomic E-state index is 0.344. The molecule has 3 aliphatic carbocycles. The number of rotatable bonds is 4. The summed E-state index contributed by atoms with van der Waals surface area (Å²) in [7, 11) is 0. The molecule has 0 amide bonds. The lowest BCUT2D eigenvalue weighted by atomic mass is 9.75. The van der Waals surface area contributed by atoms with Crippen LogP contribution in [0.1, 0.15) is 43.6 Å². The maximum atomic E-state index is 6.08. The molecular formula is C19H24O2. The number of epoxide rings is 1. The van der Waals surface area contributed by atoms with Crippen LogP contribution in [0.5, 0.6) is 5.75 Å². The number of ether oxygens (including phenoxy) is 2. The minimum absolute atomic E-state index is 0.344. The van der Waals surface area contributed by atoms with Gasteiger partial charge in [0.15, 0.2) is 0 Å². The lowest BCUT2D eigenvalue weighted by molar-refractivity contribution is 0.233. The zero-order valence-electron chi connectivity index (χ0n) is 12.5. The van der Waals surface area contributed by atoms with Crippen LogP contribution in [0.2, 0.25) is 0 Å². The van der Waals surface area contributed by atoms with E-state index in [4.69, 9.17) is 9.47 Å². The number of hydrogen-bond acceptors (Lipinski definition) is 2. The number of benzene rings is 1. The maximum Gasteiger partial charge on any atom is 0.122 e. The van der Waals surface area contributed by atoms with Crippen molar-refractivity contribution >= 4 is 0 Å². The van der Waals surface area contributed by atoms with E-state index in [2.05, 4.69) is 24.3 Å². The Morgan fingerprint density at radius 3 is 2.81 bits per heavy atom. The van der Waals surface area contributed by atoms with Crippen molar-refractivity contribution in [3.8, 4) is 5.75 Å². The van der Waals surface area contributed by atoms with Gasteiger partial charge in [-0.15, -0.1) is 0 Å². The van der Waals surface area contributed by atoms with Gasteiger partial charge in [0.25, 0.3) is 0 Å². The number of fused-ring (bicyclic) bond motifs is 5. The summed E-state index contributed by atoms with van der Waals surface area (Å²) < 4.78 is 11.4. The smallest absolute Gasteiger partial charge is 0.122 e. The van der Waals surface area contributed by atoms with Gasteiger partial charge in [-0.2, -0.15) is 0 Å². The zero-order valence-corrected chi connectivity index (χ0v) is 12.5. The van der Waals surface area contributed by atoms with Gasteiger partial charge >= 0.3 is 0 Å². The summed E-state index contributed by atoms with van der Waals surface area (Å²) in [5, 5.41) is 0. The summed E-state index contributed by atoms with van der Waals surface area (Å²) in [6.45, 7) is 1.60. The van der Waals surface area contributed by atoms with Gasteiger partial charge in [-0.1, -0.05) is 18.2 Å². The van der Waals surface area contributed by atoms with Gasteiger partial charge in [0.2, 0.25) is 0 Å². The van der Waals surface area contributed by atoms with Gasteiger partial charge in [-0.05, 0) is 73.3 Å². The first-order chi connectivity index (χ1) is 10.4. The topological polar surface area (TPSA) is 21.8 Å². The second kappa shape index (κ2) is 4.74. The van der Waals surface area contributed by atoms with Crippen molar-refractivity contribution in [2.24, 2.45) is 23.7 Å². The van der Waals surface area contributed by atoms with E-state index in [1.165, 1.54) is 37.7 Å². The minimum Gasteiger partial charge on any atom is -0.490 e. The highest BCUT2D eigenvalue weighted by Gasteiger charge is 2.53. The predicted octanol–water partition coefficient (Wildman–Crippen LogP) is 4.00. The molecule has 2 bridgehead atoms. The molecule has 3 saturated carbocycles. The van der Waals surface area contributed by atoms with E-state index in [-0.39, 0.29) is 0 Å². The van der Waals surface area contributed by atoms with E-state index < -0.39 is 0 Å². The summed E-state index contributed by atoms with van der Waals surface area (Å²) >= 11 is 0. The molecule has 4 aliphatic rings. The van der Waals surface area contributed by atoms with E-state index in [0.29, 0.717) is 6.10 Å². The zero-order chi connectivity index (χ0) is 13.8. The molecule has 1 aromatic rings. The highest BCUT2D eigenvalue weighted by Crippen LogP contribution is 2.63. The fraction of sp³-hybridized carbons (Fsp3) is 0.684. The molecule has 112 valence electrons. The Morgan fingerprint density at radius 1 is 1.05 bits per heavy atom. The van der Waals surface area contributed by atoms with Gasteiger partial charge in [-0.25, -0.2) is 0 Å². The molecule has 0 radical (unpaired) electrons. The summed E-state index contributed by atoms with van der Waals surface area (Å²) in [5.41, 5.74) is 1.48. The first-order valence-corrected chi connectivity index (χ1v) is 8.73. The summed E-state index contributed by atoms with van der Waals surface area (Å²) in [6.07, 6.45) is 7.69. The third-order valence-electron chi connectivity index (χ3n) is 6.58. The van der Waals surface area contributed by atoms with Crippen molar-refractivity contribution in [3.63, 3.8) is 0 Å². The van der Waals surface area contributed by atoms with Crippen LogP contribution in [0.15, 0.2) is 24.3 Å². The lowest BCUT2D eigenvalue weighted by Crippen LogP contribution is -2.21. The molecule has 0 aromatic heterocycles. The maximum absolute atomic E-state index is 6.08. The summed E-state index contributed by atoms with van der Waals surface area (Å²) in [5.74, 6) is 5.91. The van der Waals surface area contributed by atoms with Gasteiger partial charge in [0.1, 0.15) is 18.5 Å². The van der Waals surface area contributed by atoms with Crippen molar-refractivity contribution in [1.82, 2.24) is 0 Å². The largest absolute Gasteiger partial charge is 0.490 e. The molecule has 0 N–H and O–H groups in total. The molecule has 1 heterocycles. The Morgan fingerprint density at radius 2 is 1.90 bits per heavy atom. The first kappa shape index (κ1) is 12.5. The monoisotopic (exact) mass is 284 g/mol. The average molecular weight is 284 g/mol. The lowest BCUT2D eigenvalue weighted by Gasteiger charge is -2.30. The van der Waals surface area contributed by atoms with Crippen molar-refractivity contribution in [2.45, 2.75) is 44.1 Å². The van der Waals surface area contributed by atoms with Gasteiger partial charge in [0, 0.05) is 0 Å². The normalized spacial score (nSPS) is 43.0. The highest BCUT2D eigenvalue weighted by molar-refractivity contribution is 5.38. The van der Waals surface area contributed by atoms with E-state index in [9.17, 15) is 0 Å². The molecular weight excluding hydrogens is 260 g/mol. The number of para-hydroxylation sites is 1. The van der Waals surface area contributed by atoms with E-state index in [1.54, 1.807) is 0 Å². The summed E-state index contributed by atoms with van der Waals surface area (Å²) in [4.78, 5) is 0.